The Morgan fingerprint density at radius 1 is 0.917 bits per heavy atom. The fourth-order valence-electron chi connectivity index (χ4n) is 3.45. The van der Waals surface area contributed by atoms with Crippen LogP contribution in [0.1, 0.15) is 10.4 Å². The molecule has 0 aromatic heterocycles. The summed E-state index contributed by atoms with van der Waals surface area (Å²) in [5.41, 5.74) is 0.414. The molecule has 6 heteroatoms. The van der Waals surface area contributed by atoms with Crippen LogP contribution in [0.15, 0.2) is 54.6 Å². The number of hydrogen-bond donors (Lipinski definition) is 0. The van der Waals surface area contributed by atoms with Crippen LogP contribution in [0.3, 0.4) is 0 Å². The van der Waals surface area contributed by atoms with E-state index in [-0.39, 0.29) is 22.8 Å². The quantitative estimate of drug-likeness (QED) is 0.858. The maximum atomic E-state index is 12.4. The normalized spacial score (nSPS) is 20.1. The highest BCUT2D eigenvalue weighted by Gasteiger charge is 2.57. The zero-order chi connectivity index (χ0) is 16.8. The van der Waals surface area contributed by atoms with Gasteiger partial charge in [-0.25, -0.2) is 8.42 Å². The molecule has 4 rings (SSSR count). The average molecular weight is 343 g/mol. The number of nitrogens with zero attached hydrogens (tertiary/aromatic N) is 1. The van der Waals surface area contributed by atoms with Gasteiger partial charge in [-0.05, 0) is 36.4 Å². The summed E-state index contributed by atoms with van der Waals surface area (Å²) in [5.74, 6) is 1.79. The Hall–Kier alpha value is -2.34. The lowest BCUT2D eigenvalue weighted by Gasteiger charge is -2.54. The maximum Gasteiger partial charge on any atom is 0.253 e. The molecular weight excluding hydrogens is 326 g/mol. The molecular formula is C18H17NO4S. The first kappa shape index (κ1) is 15.2. The second-order valence-corrected chi connectivity index (χ2v) is 8.70. The van der Waals surface area contributed by atoms with E-state index in [1.54, 1.807) is 29.2 Å². The zero-order valence-corrected chi connectivity index (χ0v) is 13.8. The predicted molar refractivity (Wildman–Crippen MR) is 89.9 cm³/mol. The highest BCUT2D eigenvalue weighted by Crippen LogP contribution is 2.42. The third-order valence-electron chi connectivity index (χ3n) is 4.47. The molecule has 0 saturated carbocycles. The van der Waals surface area contributed by atoms with Crippen molar-refractivity contribution in [3.05, 3.63) is 60.2 Å². The summed E-state index contributed by atoms with van der Waals surface area (Å²) in [4.78, 5) is 14.1. The number of carbonyl (C=O) groups is 1. The molecule has 0 aliphatic carbocycles. The number of rotatable bonds is 3. The fourth-order valence-corrected chi connectivity index (χ4v) is 5.60. The van der Waals surface area contributed by atoms with Crippen molar-refractivity contribution < 1.29 is 17.9 Å². The van der Waals surface area contributed by atoms with Crippen LogP contribution >= 0.6 is 0 Å². The van der Waals surface area contributed by atoms with Gasteiger partial charge < -0.3 is 9.64 Å². The van der Waals surface area contributed by atoms with E-state index in [2.05, 4.69) is 0 Å². The molecule has 124 valence electrons. The molecule has 24 heavy (non-hydrogen) atoms. The van der Waals surface area contributed by atoms with Crippen LogP contribution in [0.2, 0.25) is 0 Å². The van der Waals surface area contributed by atoms with Gasteiger partial charge in [0.25, 0.3) is 5.91 Å². The number of likely N-dealkylation sites (tertiary alicyclic amines) is 1. The first-order chi connectivity index (χ1) is 11.4. The zero-order valence-electron chi connectivity index (χ0n) is 13.0. The molecule has 2 aliphatic heterocycles. The Balaban J connectivity index is 1.38. The SMILES string of the molecule is O=C(c1ccc(Oc2ccccc2)cc1)N1CC2(C1)CS(=O)(=O)C2. The molecule has 1 spiro atoms. The molecule has 0 unspecified atom stereocenters. The third kappa shape index (κ3) is 2.78. The van der Waals surface area contributed by atoms with Crippen molar-refractivity contribution in [2.45, 2.75) is 0 Å². The first-order valence-corrected chi connectivity index (χ1v) is 9.60. The Bertz CT molecular complexity index is 855. The number of ether oxygens (including phenoxy) is 1. The predicted octanol–water partition coefficient (Wildman–Crippen LogP) is 2.35. The van der Waals surface area contributed by atoms with E-state index >= 15 is 0 Å². The number of sulfone groups is 1. The van der Waals surface area contributed by atoms with Crippen LogP contribution in [0.25, 0.3) is 0 Å². The first-order valence-electron chi connectivity index (χ1n) is 7.78. The largest absolute Gasteiger partial charge is 0.457 e. The van der Waals surface area contributed by atoms with E-state index in [9.17, 15) is 13.2 Å². The van der Waals surface area contributed by atoms with E-state index < -0.39 is 9.84 Å². The number of para-hydroxylation sites is 1. The number of amides is 1. The summed E-state index contributed by atoms with van der Waals surface area (Å²) in [5, 5.41) is 0. The van der Waals surface area contributed by atoms with Gasteiger partial charge in [-0.2, -0.15) is 0 Å². The van der Waals surface area contributed by atoms with Gasteiger partial charge in [0.1, 0.15) is 11.5 Å². The second kappa shape index (κ2) is 5.34. The van der Waals surface area contributed by atoms with Crippen molar-refractivity contribution in [3.63, 3.8) is 0 Å². The van der Waals surface area contributed by atoms with Gasteiger partial charge >= 0.3 is 0 Å². The van der Waals surface area contributed by atoms with Crippen molar-refractivity contribution in [1.82, 2.24) is 4.90 Å². The van der Waals surface area contributed by atoms with Gasteiger partial charge in [0.2, 0.25) is 0 Å². The van der Waals surface area contributed by atoms with Gasteiger partial charge in [-0.1, -0.05) is 18.2 Å². The van der Waals surface area contributed by atoms with Gasteiger partial charge in [-0.15, -0.1) is 0 Å². The third-order valence-corrected chi connectivity index (χ3v) is 6.58. The van der Waals surface area contributed by atoms with Crippen molar-refractivity contribution >= 4 is 15.7 Å². The molecule has 0 radical (unpaired) electrons. The number of carbonyl (C=O) groups excluding carboxylic acids is 1. The summed E-state index contributed by atoms with van der Waals surface area (Å²) in [6.07, 6.45) is 0. The Morgan fingerprint density at radius 2 is 1.50 bits per heavy atom. The highest BCUT2D eigenvalue weighted by atomic mass is 32.2. The lowest BCUT2D eigenvalue weighted by molar-refractivity contribution is 0.0202. The molecule has 2 saturated heterocycles. The number of hydrogen-bond acceptors (Lipinski definition) is 4. The summed E-state index contributed by atoms with van der Waals surface area (Å²) < 4.78 is 28.3. The molecule has 2 aromatic carbocycles. The van der Waals surface area contributed by atoms with Crippen molar-refractivity contribution in [3.8, 4) is 11.5 Å². The minimum atomic E-state index is -2.85. The lowest BCUT2D eigenvalue weighted by Crippen LogP contribution is -2.69. The molecule has 2 aromatic rings. The minimum absolute atomic E-state index is 0.0591. The van der Waals surface area contributed by atoms with Crippen molar-refractivity contribution in [2.75, 3.05) is 24.6 Å². The van der Waals surface area contributed by atoms with E-state index in [0.717, 1.165) is 5.75 Å². The van der Waals surface area contributed by atoms with E-state index in [1.165, 1.54) is 0 Å². The minimum Gasteiger partial charge on any atom is -0.457 e. The van der Waals surface area contributed by atoms with Gasteiger partial charge in [0, 0.05) is 24.1 Å². The van der Waals surface area contributed by atoms with Gasteiger partial charge in [0.05, 0.1) is 11.5 Å². The molecule has 0 N–H and O–H groups in total. The van der Waals surface area contributed by atoms with Crippen LogP contribution in [0.5, 0.6) is 11.5 Å². The van der Waals surface area contributed by atoms with E-state index in [1.807, 2.05) is 30.3 Å². The van der Waals surface area contributed by atoms with Gasteiger partial charge in [-0.3, -0.25) is 4.79 Å². The molecule has 1 amide bonds. The maximum absolute atomic E-state index is 12.4. The van der Waals surface area contributed by atoms with Gasteiger partial charge in [0.15, 0.2) is 9.84 Å². The molecule has 2 aliphatic rings. The molecule has 5 nitrogen and oxygen atoms in total. The summed E-state index contributed by atoms with van der Waals surface area (Å²) in [6.45, 7) is 1.07. The smallest absolute Gasteiger partial charge is 0.253 e. The lowest BCUT2D eigenvalue weighted by atomic mass is 9.82. The second-order valence-electron chi connectivity index (χ2n) is 6.63. The van der Waals surface area contributed by atoms with Crippen LogP contribution < -0.4 is 4.74 Å². The van der Waals surface area contributed by atoms with E-state index in [0.29, 0.717) is 24.4 Å². The van der Waals surface area contributed by atoms with Crippen LogP contribution in [0, 0.1) is 5.41 Å². The Kier molecular flexibility index (Phi) is 3.38. The molecule has 2 fully saturated rings. The van der Waals surface area contributed by atoms with Crippen LogP contribution in [-0.4, -0.2) is 43.8 Å². The number of benzene rings is 2. The Labute approximate surface area is 140 Å². The standard InChI is InChI=1S/C18H17NO4S/c20-17(19-10-18(11-19)12-24(21,22)13-18)14-6-8-16(9-7-14)23-15-4-2-1-3-5-15/h1-9H,10-13H2. The van der Waals surface area contributed by atoms with Crippen LogP contribution in [0.4, 0.5) is 0 Å². The van der Waals surface area contributed by atoms with Crippen molar-refractivity contribution in [2.24, 2.45) is 5.41 Å². The molecule has 0 bridgehead atoms. The average Bonchev–Trinajstić information content (AvgIpc) is 2.51. The highest BCUT2D eigenvalue weighted by molar-refractivity contribution is 7.92. The van der Waals surface area contributed by atoms with Crippen molar-refractivity contribution in [1.29, 1.82) is 0 Å². The summed E-state index contributed by atoms with van der Waals surface area (Å²) in [6, 6.07) is 16.5. The monoisotopic (exact) mass is 343 g/mol. The Morgan fingerprint density at radius 3 is 2.08 bits per heavy atom. The fraction of sp³-hybridized carbons (Fsp3) is 0.278. The summed E-state index contributed by atoms with van der Waals surface area (Å²) in [7, 11) is -2.85. The van der Waals surface area contributed by atoms with E-state index in [4.69, 9.17) is 4.74 Å². The summed E-state index contributed by atoms with van der Waals surface area (Å²) >= 11 is 0. The molecule has 2 heterocycles. The molecule has 0 atom stereocenters. The van der Waals surface area contributed by atoms with Crippen LogP contribution in [-0.2, 0) is 9.84 Å². The topological polar surface area (TPSA) is 63.7 Å².